The molecule has 2 aliphatic rings. The van der Waals surface area contributed by atoms with Crippen LogP contribution < -0.4 is 5.32 Å². The van der Waals surface area contributed by atoms with Crippen LogP contribution in [-0.4, -0.2) is 61.7 Å². The highest BCUT2D eigenvalue weighted by atomic mass is 15.2. The maximum Gasteiger partial charge on any atom is 0.0105 e. The Balaban J connectivity index is 1.67. The summed E-state index contributed by atoms with van der Waals surface area (Å²) in [6.07, 6.45) is 5.68. The Hall–Kier alpha value is -0.120. The molecule has 118 valence electrons. The summed E-state index contributed by atoms with van der Waals surface area (Å²) in [4.78, 5) is 5.42. The van der Waals surface area contributed by atoms with Gasteiger partial charge in [-0.2, -0.15) is 0 Å². The van der Waals surface area contributed by atoms with Gasteiger partial charge in [0.2, 0.25) is 0 Å². The van der Waals surface area contributed by atoms with Crippen molar-refractivity contribution in [2.45, 2.75) is 52.5 Å². The smallest absolute Gasteiger partial charge is 0.0105 e. The van der Waals surface area contributed by atoms with Crippen LogP contribution in [-0.2, 0) is 0 Å². The maximum atomic E-state index is 3.49. The van der Waals surface area contributed by atoms with Crippen molar-refractivity contribution in [3.05, 3.63) is 0 Å². The Morgan fingerprint density at radius 2 is 1.70 bits per heavy atom. The predicted octanol–water partition coefficient (Wildman–Crippen LogP) is 2.43. The highest BCUT2D eigenvalue weighted by molar-refractivity contribution is 4.82. The zero-order valence-electron chi connectivity index (χ0n) is 13.9. The Bertz CT molecular complexity index is 255. The molecule has 0 aromatic carbocycles. The normalized spacial score (nSPS) is 25.9. The lowest BCUT2D eigenvalue weighted by Gasteiger charge is -2.39. The molecular weight excluding hydrogens is 246 g/mol. The second kappa shape index (κ2) is 8.35. The van der Waals surface area contributed by atoms with Crippen LogP contribution in [0.2, 0.25) is 0 Å². The molecule has 2 heterocycles. The number of piperidine rings is 1. The molecule has 0 spiro atoms. The van der Waals surface area contributed by atoms with Gasteiger partial charge in [0.25, 0.3) is 0 Å². The molecule has 2 atom stereocenters. The average molecular weight is 281 g/mol. The lowest BCUT2D eigenvalue weighted by atomic mass is 9.93. The highest BCUT2D eigenvalue weighted by Crippen LogP contribution is 2.23. The average Bonchev–Trinajstić information content (AvgIpc) is 2.97. The fourth-order valence-electron chi connectivity index (χ4n) is 3.78. The van der Waals surface area contributed by atoms with Crippen molar-refractivity contribution in [3.8, 4) is 0 Å². The first-order chi connectivity index (χ1) is 9.70. The van der Waals surface area contributed by atoms with E-state index in [0.29, 0.717) is 0 Å². The molecule has 20 heavy (non-hydrogen) atoms. The summed E-state index contributed by atoms with van der Waals surface area (Å²) < 4.78 is 0. The SMILES string of the molecule is CCNCC(C)C(C)N1CCC(CN2CCCC2)CC1. The molecule has 0 bridgehead atoms. The summed E-state index contributed by atoms with van der Waals surface area (Å²) in [6.45, 7) is 16.0. The van der Waals surface area contributed by atoms with Crippen LogP contribution in [0, 0.1) is 11.8 Å². The lowest BCUT2D eigenvalue weighted by Crippen LogP contribution is -2.46. The van der Waals surface area contributed by atoms with Gasteiger partial charge in [-0.25, -0.2) is 0 Å². The summed E-state index contributed by atoms with van der Waals surface area (Å²) in [5.74, 6) is 1.71. The molecule has 3 nitrogen and oxygen atoms in total. The van der Waals surface area contributed by atoms with Crippen LogP contribution in [0.15, 0.2) is 0 Å². The van der Waals surface area contributed by atoms with E-state index in [1.165, 1.54) is 58.4 Å². The van der Waals surface area contributed by atoms with Crippen molar-refractivity contribution < 1.29 is 0 Å². The standard InChI is InChI=1S/C17H35N3/c1-4-18-13-15(2)16(3)20-11-7-17(8-12-20)14-19-9-5-6-10-19/h15-18H,4-14H2,1-3H3. The van der Waals surface area contributed by atoms with E-state index in [1.807, 2.05) is 0 Å². The molecule has 0 saturated carbocycles. The van der Waals surface area contributed by atoms with Gasteiger partial charge < -0.3 is 15.1 Å². The Labute approximate surface area is 126 Å². The molecule has 1 N–H and O–H groups in total. The number of hydrogen-bond donors (Lipinski definition) is 1. The monoisotopic (exact) mass is 281 g/mol. The number of rotatable bonds is 7. The zero-order chi connectivity index (χ0) is 14.4. The highest BCUT2D eigenvalue weighted by Gasteiger charge is 2.27. The summed E-state index contributed by atoms with van der Waals surface area (Å²) in [7, 11) is 0. The van der Waals surface area contributed by atoms with E-state index in [0.717, 1.165) is 31.0 Å². The van der Waals surface area contributed by atoms with E-state index in [2.05, 4.69) is 35.9 Å². The molecule has 2 saturated heterocycles. The number of hydrogen-bond acceptors (Lipinski definition) is 3. The summed E-state index contributed by atoms with van der Waals surface area (Å²) in [5, 5.41) is 3.49. The fourth-order valence-corrected chi connectivity index (χ4v) is 3.78. The Kier molecular flexibility index (Phi) is 6.79. The lowest BCUT2D eigenvalue weighted by molar-refractivity contribution is 0.0967. The quantitative estimate of drug-likeness (QED) is 0.773. The first kappa shape index (κ1) is 16.3. The topological polar surface area (TPSA) is 18.5 Å². The third-order valence-corrected chi connectivity index (χ3v) is 5.48. The summed E-state index contributed by atoms with van der Waals surface area (Å²) in [5.41, 5.74) is 0. The van der Waals surface area contributed by atoms with E-state index < -0.39 is 0 Å². The molecule has 2 fully saturated rings. The molecule has 0 aromatic rings. The molecule has 0 radical (unpaired) electrons. The van der Waals surface area contributed by atoms with Crippen LogP contribution in [0.4, 0.5) is 0 Å². The largest absolute Gasteiger partial charge is 0.317 e. The van der Waals surface area contributed by atoms with Crippen LogP contribution in [0.25, 0.3) is 0 Å². The minimum absolute atomic E-state index is 0.724. The molecule has 2 rings (SSSR count). The second-order valence-electron chi connectivity index (χ2n) is 7.01. The van der Waals surface area contributed by atoms with Crippen molar-refractivity contribution >= 4 is 0 Å². The molecule has 0 aliphatic carbocycles. The molecule has 2 unspecified atom stereocenters. The fraction of sp³-hybridized carbons (Fsp3) is 1.00. The van der Waals surface area contributed by atoms with E-state index in [4.69, 9.17) is 0 Å². The van der Waals surface area contributed by atoms with Crippen LogP contribution in [0.1, 0.15) is 46.5 Å². The van der Waals surface area contributed by atoms with Crippen LogP contribution >= 0.6 is 0 Å². The van der Waals surface area contributed by atoms with Gasteiger partial charge in [0.1, 0.15) is 0 Å². The summed E-state index contributed by atoms with van der Waals surface area (Å²) >= 11 is 0. The number of nitrogens with one attached hydrogen (secondary N) is 1. The van der Waals surface area contributed by atoms with Crippen molar-refractivity contribution in [2.24, 2.45) is 11.8 Å². The second-order valence-corrected chi connectivity index (χ2v) is 7.01. The van der Waals surface area contributed by atoms with Gasteiger partial charge in [-0.05, 0) is 83.7 Å². The van der Waals surface area contributed by atoms with Gasteiger partial charge in [-0.3, -0.25) is 0 Å². The third kappa shape index (κ3) is 4.71. The van der Waals surface area contributed by atoms with E-state index in [-0.39, 0.29) is 0 Å². The first-order valence-electron chi connectivity index (χ1n) is 8.87. The predicted molar refractivity (Wildman–Crippen MR) is 87.1 cm³/mol. The molecule has 0 amide bonds. The van der Waals surface area contributed by atoms with Crippen molar-refractivity contribution in [3.63, 3.8) is 0 Å². The molecule has 3 heteroatoms. The molecule has 0 aromatic heterocycles. The van der Waals surface area contributed by atoms with Gasteiger partial charge in [0.15, 0.2) is 0 Å². The van der Waals surface area contributed by atoms with E-state index in [9.17, 15) is 0 Å². The number of likely N-dealkylation sites (tertiary alicyclic amines) is 2. The minimum Gasteiger partial charge on any atom is -0.317 e. The van der Waals surface area contributed by atoms with Gasteiger partial charge in [-0.1, -0.05) is 13.8 Å². The van der Waals surface area contributed by atoms with Crippen molar-refractivity contribution in [2.75, 3.05) is 45.8 Å². The van der Waals surface area contributed by atoms with Gasteiger partial charge >= 0.3 is 0 Å². The first-order valence-corrected chi connectivity index (χ1v) is 8.87. The maximum absolute atomic E-state index is 3.49. The van der Waals surface area contributed by atoms with E-state index in [1.54, 1.807) is 0 Å². The van der Waals surface area contributed by atoms with Gasteiger partial charge in [0, 0.05) is 12.6 Å². The Morgan fingerprint density at radius 3 is 2.30 bits per heavy atom. The van der Waals surface area contributed by atoms with Crippen molar-refractivity contribution in [1.29, 1.82) is 0 Å². The zero-order valence-corrected chi connectivity index (χ0v) is 13.9. The van der Waals surface area contributed by atoms with Crippen molar-refractivity contribution in [1.82, 2.24) is 15.1 Å². The summed E-state index contributed by atoms with van der Waals surface area (Å²) in [6, 6.07) is 0.724. The van der Waals surface area contributed by atoms with Crippen LogP contribution in [0.5, 0.6) is 0 Å². The number of nitrogens with zero attached hydrogens (tertiary/aromatic N) is 2. The molecular formula is C17H35N3. The third-order valence-electron chi connectivity index (χ3n) is 5.48. The van der Waals surface area contributed by atoms with Gasteiger partial charge in [-0.15, -0.1) is 0 Å². The molecule has 2 aliphatic heterocycles. The van der Waals surface area contributed by atoms with E-state index >= 15 is 0 Å². The minimum atomic E-state index is 0.724. The Morgan fingerprint density at radius 1 is 1.05 bits per heavy atom. The van der Waals surface area contributed by atoms with Gasteiger partial charge in [0.05, 0.1) is 0 Å². The van der Waals surface area contributed by atoms with Crippen LogP contribution in [0.3, 0.4) is 0 Å².